The van der Waals surface area contributed by atoms with Gasteiger partial charge < -0.3 is 4.74 Å². The Morgan fingerprint density at radius 1 is 1.50 bits per heavy atom. The number of ether oxygens (including phenoxy) is 1. The van der Waals surface area contributed by atoms with E-state index in [0.29, 0.717) is 11.3 Å². The van der Waals surface area contributed by atoms with E-state index in [1.54, 1.807) is 12.3 Å². The van der Waals surface area contributed by atoms with Gasteiger partial charge in [-0.15, -0.1) is 0 Å². The summed E-state index contributed by atoms with van der Waals surface area (Å²) in [5, 5.41) is 0.492. The lowest BCUT2D eigenvalue weighted by molar-refractivity contribution is 0.120. The molecule has 2 nitrogen and oxygen atoms in total. The van der Waals surface area contributed by atoms with Crippen molar-refractivity contribution in [1.82, 2.24) is 4.98 Å². The van der Waals surface area contributed by atoms with E-state index in [-0.39, 0.29) is 0 Å². The van der Waals surface area contributed by atoms with Crippen LogP contribution in [-0.4, -0.2) is 11.1 Å². The quantitative estimate of drug-likeness (QED) is 0.658. The molecule has 0 N–H and O–H groups in total. The highest BCUT2D eigenvalue weighted by molar-refractivity contribution is 6.29. The highest BCUT2D eigenvalue weighted by Crippen LogP contribution is 2.25. The first-order valence-electron chi connectivity index (χ1n) is 4.13. The van der Waals surface area contributed by atoms with Crippen LogP contribution < -0.4 is 4.74 Å². The maximum atomic E-state index is 5.70. The molecule has 1 heterocycles. The molecule has 3 heteroatoms. The van der Waals surface area contributed by atoms with Crippen molar-refractivity contribution < 1.29 is 4.74 Å². The van der Waals surface area contributed by atoms with Crippen molar-refractivity contribution in [3.05, 3.63) is 23.5 Å². The minimum atomic E-state index is 0.406. The summed E-state index contributed by atoms with van der Waals surface area (Å²) in [5.74, 6) is 0.833. The van der Waals surface area contributed by atoms with Crippen LogP contribution in [0.2, 0.25) is 5.15 Å². The second-order valence-electron chi connectivity index (χ2n) is 2.99. The molecule has 1 aliphatic rings. The normalized spacial score (nSPS) is 17.1. The lowest BCUT2D eigenvalue weighted by Gasteiger charge is -2.26. The van der Waals surface area contributed by atoms with Crippen molar-refractivity contribution in [2.24, 2.45) is 0 Å². The Kier molecular flexibility index (Phi) is 2.17. The van der Waals surface area contributed by atoms with Crippen molar-refractivity contribution in [3.8, 4) is 5.75 Å². The predicted molar refractivity (Wildman–Crippen MR) is 47.5 cm³/mol. The van der Waals surface area contributed by atoms with Gasteiger partial charge in [-0.25, -0.2) is 4.98 Å². The average Bonchev–Trinajstić information content (AvgIpc) is 1.97. The number of nitrogens with zero attached hydrogens (tertiary/aromatic N) is 1. The summed E-state index contributed by atoms with van der Waals surface area (Å²) in [6, 6.07) is 3.59. The van der Waals surface area contributed by atoms with Crippen molar-refractivity contribution in [3.63, 3.8) is 0 Å². The molecule has 1 aliphatic carbocycles. The monoisotopic (exact) mass is 183 g/mol. The first-order chi connectivity index (χ1) is 5.84. The summed E-state index contributed by atoms with van der Waals surface area (Å²) < 4.78 is 5.61. The van der Waals surface area contributed by atoms with Gasteiger partial charge >= 0.3 is 0 Å². The smallest absolute Gasteiger partial charge is 0.132 e. The fourth-order valence-electron chi connectivity index (χ4n) is 1.14. The lowest BCUT2D eigenvalue weighted by Crippen LogP contribution is -2.24. The lowest BCUT2D eigenvalue weighted by atomic mass is 9.96. The van der Waals surface area contributed by atoms with Gasteiger partial charge in [-0.1, -0.05) is 11.6 Å². The zero-order chi connectivity index (χ0) is 8.39. The van der Waals surface area contributed by atoms with Crippen LogP contribution in [0.15, 0.2) is 18.3 Å². The van der Waals surface area contributed by atoms with Crippen molar-refractivity contribution >= 4 is 11.6 Å². The fraction of sp³-hybridized carbons (Fsp3) is 0.444. The van der Waals surface area contributed by atoms with Crippen LogP contribution in [0.4, 0.5) is 0 Å². The van der Waals surface area contributed by atoms with Crippen LogP contribution in [0.3, 0.4) is 0 Å². The molecule has 1 saturated carbocycles. The molecule has 0 aliphatic heterocycles. The molecule has 12 heavy (non-hydrogen) atoms. The molecule has 0 saturated heterocycles. The van der Waals surface area contributed by atoms with Gasteiger partial charge in [-0.05, 0) is 25.3 Å². The second-order valence-corrected chi connectivity index (χ2v) is 3.37. The van der Waals surface area contributed by atoms with E-state index in [1.165, 1.54) is 19.3 Å². The van der Waals surface area contributed by atoms with E-state index in [1.807, 2.05) is 6.07 Å². The summed E-state index contributed by atoms with van der Waals surface area (Å²) in [7, 11) is 0. The summed E-state index contributed by atoms with van der Waals surface area (Å²) in [6.45, 7) is 0. The highest BCUT2D eigenvalue weighted by Gasteiger charge is 2.18. The predicted octanol–water partition coefficient (Wildman–Crippen LogP) is 2.67. The molecule has 0 aromatic carbocycles. The molecule has 0 atom stereocenters. The van der Waals surface area contributed by atoms with Crippen LogP contribution >= 0.6 is 11.6 Å². The largest absolute Gasteiger partial charge is 0.490 e. The van der Waals surface area contributed by atoms with Crippen molar-refractivity contribution in [2.45, 2.75) is 25.4 Å². The van der Waals surface area contributed by atoms with E-state index >= 15 is 0 Å². The number of aromatic nitrogens is 1. The molecule has 1 aromatic rings. The Morgan fingerprint density at radius 2 is 2.33 bits per heavy atom. The molecule has 0 amide bonds. The molecule has 0 bridgehead atoms. The maximum Gasteiger partial charge on any atom is 0.132 e. The number of rotatable bonds is 2. The van der Waals surface area contributed by atoms with Gasteiger partial charge in [-0.2, -0.15) is 0 Å². The van der Waals surface area contributed by atoms with E-state index in [2.05, 4.69) is 4.98 Å². The van der Waals surface area contributed by atoms with Crippen molar-refractivity contribution in [1.29, 1.82) is 0 Å². The van der Waals surface area contributed by atoms with Gasteiger partial charge in [-0.3, -0.25) is 0 Å². The first-order valence-corrected chi connectivity index (χ1v) is 4.50. The van der Waals surface area contributed by atoms with Gasteiger partial charge in [0.2, 0.25) is 0 Å². The number of hydrogen-bond acceptors (Lipinski definition) is 2. The van der Waals surface area contributed by atoms with Gasteiger partial charge in [0, 0.05) is 12.3 Å². The molecule has 0 unspecified atom stereocenters. The Hall–Kier alpha value is -0.760. The van der Waals surface area contributed by atoms with Crippen molar-refractivity contribution in [2.75, 3.05) is 0 Å². The van der Waals surface area contributed by atoms with E-state index in [4.69, 9.17) is 16.3 Å². The minimum Gasteiger partial charge on any atom is -0.490 e. The van der Waals surface area contributed by atoms with Gasteiger partial charge in [0.25, 0.3) is 0 Å². The summed E-state index contributed by atoms with van der Waals surface area (Å²) in [5.41, 5.74) is 0. The topological polar surface area (TPSA) is 22.1 Å². The molecular weight excluding hydrogens is 174 g/mol. The highest BCUT2D eigenvalue weighted by atomic mass is 35.5. The van der Waals surface area contributed by atoms with Gasteiger partial charge in [0.15, 0.2) is 0 Å². The molecule has 2 rings (SSSR count). The Labute approximate surface area is 76.5 Å². The summed E-state index contributed by atoms with van der Waals surface area (Å²) in [4.78, 5) is 3.88. The van der Waals surface area contributed by atoms with E-state index in [9.17, 15) is 0 Å². The molecular formula is C9H10ClNO. The minimum absolute atomic E-state index is 0.406. The first kappa shape index (κ1) is 7.87. The van der Waals surface area contributed by atoms with Crippen LogP contribution in [0, 0.1) is 0 Å². The molecule has 1 aromatic heterocycles. The summed E-state index contributed by atoms with van der Waals surface area (Å²) in [6.07, 6.45) is 5.68. The average molecular weight is 184 g/mol. The molecule has 1 fully saturated rings. The van der Waals surface area contributed by atoms with Crippen LogP contribution in [0.25, 0.3) is 0 Å². The van der Waals surface area contributed by atoms with E-state index in [0.717, 1.165) is 5.75 Å². The van der Waals surface area contributed by atoms with Crippen LogP contribution in [-0.2, 0) is 0 Å². The summed E-state index contributed by atoms with van der Waals surface area (Å²) >= 11 is 5.70. The zero-order valence-electron chi connectivity index (χ0n) is 6.66. The Bertz CT molecular complexity index is 273. The van der Waals surface area contributed by atoms with E-state index < -0.39 is 0 Å². The van der Waals surface area contributed by atoms with Crippen LogP contribution in [0.5, 0.6) is 5.75 Å². The second kappa shape index (κ2) is 3.31. The maximum absolute atomic E-state index is 5.70. The SMILES string of the molecule is Clc1cc(OC2CCC2)ccn1. The molecule has 0 spiro atoms. The zero-order valence-corrected chi connectivity index (χ0v) is 7.42. The third kappa shape index (κ3) is 1.69. The number of hydrogen-bond donors (Lipinski definition) is 0. The van der Waals surface area contributed by atoms with Gasteiger partial charge in [0.05, 0.1) is 6.10 Å². The number of halogens is 1. The fourth-order valence-corrected chi connectivity index (χ4v) is 1.30. The van der Waals surface area contributed by atoms with Gasteiger partial charge in [0.1, 0.15) is 10.9 Å². The Balaban J connectivity index is 2.02. The number of pyridine rings is 1. The molecule has 0 radical (unpaired) electrons. The van der Waals surface area contributed by atoms with Crippen LogP contribution in [0.1, 0.15) is 19.3 Å². The molecule has 64 valence electrons. The third-order valence-electron chi connectivity index (χ3n) is 2.05. The standard InChI is InChI=1S/C9H10ClNO/c10-9-6-8(4-5-11-9)12-7-2-1-3-7/h4-7H,1-3H2. The Morgan fingerprint density at radius 3 is 2.92 bits per heavy atom. The third-order valence-corrected chi connectivity index (χ3v) is 2.26.